The Morgan fingerprint density at radius 2 is 2.25 bits per heavy atom. The van der Waals surface area contributed by atoms with Crippen LogP contribution >= 0.6 is 11.3 Å². The van der Waals surface area contributed by atoms with Crippen LogP contribution in [0.4, 0.5) is 5.82 Å². The van der Waals surface area contributed by atoms with E-state index in [1.165, 1.54) is 15.7 Å². The molecule has 1 fully saturated rings. The third-order valence-electron chi connectivity index (χ3n) is 3.05. The molecule has 0 radical (unpaired) electrons. The standard InChI is InChI=1S/C10H13N5O3S2/c11-8-9(15-4-5-19-10(15)13-8)20(17,18)14-3-1-2-12-7(16)6-14/h4-5H,1-3,6,11H2,(H,12,16). The monoisotopic (exact) mass is 315 g/mol. The molecule has 0 bridgehead atoms. The first-order valence-electron chi connectivity index (χ1n) is 5.98. The summed E-state index contributed by atoms with van der Waals surface area (Å²) < 4.78 is 28.0. The zero-order valence-electron chi connectivity index (χ0n) is 10.4. The van der Waals surface area contributed by atoms with E-state index in [9.17, 15) is 13.2 Å². The summed E-state index contributed by atoms with van der Waals surface area (Å²) in [5, 5.41) is 4.31. The number of hydrogen-bond donors (Lipinski definition) is 2. The molecule has 8 nitrogen and oxygen atoms in total. The normalized spacial score (nSPS) is 18.1. The second kappa shape index (κ2) is 4.72. The summed E-state index contributed by atoms with van der Waals surface area (Å²) in [6, 6.07) is 0. The lowest BCUT2D eigenvalue weighted by molar-refractivity contribution is -0.120. The van der Waals surface area contributed by atoms with E-state index in [4.69, 9.17) is 5.73 Å². The van der Waals surface area contributed by atoms with Crippen molar-refractivity contribution in [3.05, 3.63) is 11.6 Å². The third kappa shape index (κ3) is 2.05. The molecule has 1 saturated heterocycles. The van der Waals surface area contributed by atoms with Gasteiger partial charge in [-0.05, 0) is 6.42 Å². The fraction of sp³-hybridized carbons (Fsp3) is 0.400. The van der Waals surface area contributed by atoms with Gasteiger partial charge in [0.15, 0.2) is 15.8 Å². The van der Waals surface area contributed by atoms with Gasteiger partial charge in [0.2, 0.25) is 5.91 Å². The summed E-state index contributed by atoms with van der Waals surface area (Å²) in [4.78, 5) is 16.1. The van der Waals surface area contributed by atoms with E-state index in [1.54, 1.807) is 11.6 Å². The zero-order chi connectivity index (χ0) is 14.3. The molecule has 0 unspecified atom stereocenters. The Labute approximate surface area is 119 Å². The number of sulfonamides is 1. The number of nitrogen functional groups attached to an aromatic ring is 1. The molecule has 20 heavy (non-hydrogen) atoms. The fourth-order valence-electron chi connectivity index (χ4n) is 2.14. The molecule has 0 aliphatic carbocycles. The minimum Gasteiger partial charge on any atom is -0.381 e. The number of rotatable bonds is 2. The van der Waals surface area contributed by atoms with Crippen molar-refractivity contribution in [1.82, 2.24) is 19.0 Å². The molecule has 0 saturated carbocycles. The van der Waals surface area contributed by atoms with Crippen molar-refractivity contribution >= 4 is 38.0 Å². The van der Waals surface area contributed by atoms with Crippen LogP contribution in [0.3, 0.4) is 0 Å². The lowest BCUT2D eigenvalue weighted by Gasteiger charge is -2.18. The molecule has 10 heteroatoms. The molecule has 2 aromatic rings. The summed E-state index contributed by atoms with van der Waals surface area (Å²) in [5.41, 5.74) is 5.73. The maximum atomic E-state index is 12.7. The van der Waals surface area contributed by atoms with E-state index < -0.39 is 10.0 Å². The second-order valence-electron chi connectivity index (χ2n) is 4.40. The number of anilines is 1. The number of nitrogens with one attached hydrogen (secondary N) is 1. The largest absolute Gasteiger partial charge is 0.381 e. The van der Waals surface area contributed by atoms with Gasteiger partial charge >= 0.3 is 0 Å². The van der Waals surface area contributed by atoms with Crippen LogP contribution in [0, 0.1) is 0 Å². The molecule has 1 aliphatic heterocycles. The van der Waals surface area contributed by atoms with Crippen LogP contribution in [0.1, 0.15) is 6.42 Å². The molecule has 2 aromatic heterocycles. The summed E-state index contributed by atoms with van der Waals surface area (Å²) in [5.74, 6) is -0.350. The molecular weight excluding hydrogens is 302 g/mol. The average Bonchev–Trinajstić information content (AvgIpc) is 2.83. The van der Waals surface area contributed by atoms with Crippen molar-refractivity contribution in [3.8, 4) is 0 Å². The van der Waals surface area contributed by atoms with Crippen LogP contribution < -0.4 is 11.1 Å². The third-order valence-corrected chi connectivity index (χ3v) is 5.70. The van der Waals surface area contributed by atoms with E-state index >= 15 is 0 Å². The van der Waals surface area contributed by atoms with Crippen molar-refractivity contribution in [3.63, 3.8) is 0 Å². The molecule has 3 N–H and O–H groups in total. The van der Waals surface area contributed by atoms with E-state index in [-0.39, 0.29) is 29.8 Å². The van der Waals surface area contributed by atoms with Crippen molar-refractivity contribution in [2.75, 3.05) is 25.4 Å². The summed E-state index contributed by atoms with van der Waals surface area (Å²) in [6.45, 7) is 0.553. The summed E-state index contributed by atoms with van der Waals surface area (Å²) in [7, 11) is -3.85. The molecule has 3 rings (SSSR count). The predicted molar refractivity (Wildman–Crippen MR) is 73.9 cm³/mol. The Balaban J connectivity index is 2.08. The van der Waals surface area contributed by atoms with Crippen molar-refractivity contribution in [2.45, 2.75) is 11.4 Å². The van der Waals surface area contributed by atoms with Crippen LogP contribution in [-0.4, -0.2) is 47.6 Å². The molecule has 1 aliphatic rings. The van der Waals surface area contributed by atoms with Gasteiger partial charge in [-0.25, -0.2) is 13.4 Å². The van der Waals surface area contributed by atoms with Crippen LogP contribution in [-0.2, 0) is 14.8 Å². The zero-order valence-corrected chi connectivity index (χ0v) is 12.1. The molecule has 0 atom stereocenters. The Kier molecular flexibility index (Phi) is 3.15. The Morgan fingerprint density at radius 3 is 3.05 bits per heavy atom. The minimum absolute atomic E-state index is 0.0403. The first-order valence-corrected chi connectivity index (χ1v) is 8.30. The van der Waals surface area contributed by atoms with Gasteiger partial charge in [0.25, 0.3) is 10.0 Å². The van der Waals surface area contributed by atoms with E-state index in [0.717, 1.165) is 4.31 Å². The van der Waals surface area contributed by atoms with Crippen molar-refractivity contribution < 1.29 is 13.2 Å². The molecule has 1 amide bonds. The number of carbonyl (C=O) groups excluding carboxylic acids is 1. The smallest absolute Gasteiger partial charge is 0.263 e. The highest BCUT2D eigenvalue weighted by Gasteiger charge is 2.33. The summed E-state index contributed by atoms with van der Waals surface area (Å²) in [6.07, 6.45) is 2.17. The van der Waals surface area contributed by atoms with Gasteiger partial charge in [-0.3, -0.25) is 9.20 Å². The number of fused-ring (bicyclic) bond motifs is 1. The van der Waals surface area contributed by atoms with Gasteiger partial charge in [-0.2, -0.15) is 4.31 Å². The summed E-state index contributed by atoms with van der Waals surface area (Å²) >= 11 is 1.30. The molecule has 0 spiro atoms. The topological polar surface area (TPSA) is 110 Å². The second-order valence-corrected chi connectivity index (χ2v) is 7.13. The van der Waals surface area contributed by atoms with Crippen LogP contribution in [0.2, 0.25) is 0 Å². The Bertz CT molecular complexity index is 763. The number of imidazole rings is 1. The Morgan fingerprint density at radius 1 is 1.45 bits per heavy atom. The number of hydrogen-bond acceptors (Lipinski definition) is 6. The maximum absolute atomic E-state index is 12.7. The molecule has 0 aromatic carbocycles. The molecular formula is C10H13N5O3S2. The predicted octanol–water partition coefficient (Wildman–Crippen LogP) is -0.511. The Hall–Kier alpha value is -1.65. The maximum Gasteiger partial charge on any atom is 0.263 e. The first-order chi connectivity index (χ1) is 9.50. The van der Waals surface area contributed by atoms with Gasteiger partial charge < -0.3 is 11.1 Å². The van der Waals surface area contributed by atoms with Crippen LogP contribution in [0.15, 0.2) is 16.6 Å². The SMILES string of the molecule is Nc1nc2sccn2c1S(=O)(=O)N1CCCNC(=O)C1. The molecule has 3 heterocycles. The van der Waals surface area contributed by atoms with Crippen LogP contribution in [0.5, 0.6) is 0 Å². The first kappa shape index (κ1) is 13.3. The fourth-order valence-corrected chi connectivity index (χ4v) is 4.53. The number of thiazole rings is 1. The van der Waals surface area contributed by atoms with E-state index in [2.05, 4.69) is 10.3 Å². The lowest BCUT2D eigenvalue weighted by Crippen LogP contribution is -2.38. The highest BCUT2D eigenvalue weighted by molar-refractivity contribution is 7.89. The van der Waals surface area contributed by atoms with Gasteiger partial charge in [-0.1, -0.05) is 0 Å². The van der Waals surface area contributed by atoms with Crippen LogP contribution in [0.25, 0.3) is 4.96 Å². The van der Waals surface area contributed by atoms with Crippen molar-refractivity contribution in [1.29, 1.82) is 0 Å². The lowest BCUT2D eigenvalue weighted by atomic mass is 10.4. The number of amides is 1. The minimum atomic E-state index is -3.85. The van der Waals surface area contributed by atoms with E-state index in [0.29, 0.717) is 17.9 Å². The molecule has 108 valence electrons. The van der Waals surface area contributed by atoms with Gasteiger partial charge in [-0.15, -0.1) is 11.3 Å². The van der Waals surface area contributed by atoms with Gasteiger partial charge in [0, 0.05) is 24.7 Å². The number of nitrogens with two attached hydrogens (primary N) is 1. The highest BCUT2D eigenvalue weighted by atomic mass is 32.2. The average molecular weight is 315 g/mol. The number of aromatic nitrogens is 2. The van der Waals surface area contributed by atoms with Crippen molar-refractivity contribution in [2.24, 2.45) is 0 Å². The highest BCUT2D eigenvalue weighted by Crippen LogP contribution is 2.26. The van der Waals surface area contributed by atoms with Gasteiger partial charge in [0.1, 0.15) is 0 Å². The quantitative estimate of drug-likeness (QED) is 0.775. The number of nitrogens with zero attached hydrogens (tertiary/aromatic N) is 3. The number of carbonyl (C=O) groups is 1. The van der Waals surface area contributed by atoms with Gasteiger partial charge in [0.05, 0.1) is 6.54 Å². The van der Waals surface area contributed by atoms with E-state index in [1.807, 2.05) is 0 Å².